The zero-order chi connectivity index (χ0) is 36.5. The van der Waals surface area contributed by atoms with Crippen LogP contribution in [0.4, 0.5) is 11.4 Å². The number of nitrogens with zero attached hydrogens (tertiary/aromatic N) is 4. The molecule has 0 spiro atoms. The fourth-order valence-corrected chi connectivity index (χ4v) is 7.02. The number of hydrogen-bond acceptors (Lipinski definition) is 9. The average molecular weight is 711 g/mol. The molecule has 2 atom stereocenters. The van der Waals surface area contributed by atoms with E-state index in [1.165, 1.54) is 0 Å². The normalized spacial score (nSPS) is 18.2. The van der Waals surface area contributed by atoms with Crippen molar-refractivity contribution in [3.05, 3.63) is 114 Å². The fraction of sp³-hybridized carbons (Fsp3) is 0.238. The fourth-order valence-electron chi connectivity index (χ4n) is 7.02. The third kappa shape index (κ3) is 6.50. The average Bonchev–Trinajstić information content (AvgIpc) is 3.78. The van der Waals surface area contributed by atoms with Gasteiger partial charge in [0.05, 0.1) is 69.1 Å². The second kappa shape index (κ2) is 14.3. The van der Waals surface area contributed by atoms with Gasteiger partial charge in [0.15, 0.2) is 23.0 Å². The number of amides is 2. The lowest BCUT2D eigenvalue weighted by molar-refractivity contribution is 0.0809. The zero-order valence-corrected chi connectivity index (χ0v) is 29.7. The molecule has 8 rings (SSSR count). The van der Waals surface area contributed by atoms with Gasteiger partial charge in [0.25, 0.3) is 11.8 Å². The Kier molecular flexibility index (Phi) is 9.14. The highest BCUT2D eigenvalue weighted by Gasteiger charge is 2.35. The maximum Gasteiger partial charge on any atom is 0.260 e. The van der Waals surface area contributed by atoms with Gasteiger partial charge in [-0.15, -0.1) is 0 Å². The molecule has 268 valence electrons. The van der Waals surface area contributed by atoms with E-state index in [1.54, 1.807) is 55.4 Å². The lowest BCUT2D eigenvalue weighted by Crippen LogP contribution is -2.32. The Bertz CT molecular complexity index is 2190. The lowest BCUT2D eigenvalue weighted by Gasteiger charge is -2.19. The van der Waals surface area contributed by atoms with Crippen molar-refractivity contribution in [3.8, 4) is 28.7 Å². The third-order valence-electron chi connectivity index (χ3n) is 9.84. The molecule has 0 saturated carbocycles. The molecular formula is C42H38N4O7. The first-order chi connectivity index (χ1) is 25.9. The number of ether oxygens (including phenoxy) is 5. The number of hydrogen-bond donors (Lipinski definition) is 0. The highest BCUT2D eigenvalue weighted by atomic mass is 16.5. The Labute approximate surface area is 307 Å². The van der Waals surface area contributed by atoms with Crippen LogP contribution in [0.1, 0.15) is 51.1 Å². The van der Waals surface area contributed by atoms with Crippen molar-refractivity contribution < 1.29 is 33.3 Å². The number of carbonyl (C=O) groups is 2. The maximum absolute atomic E-state index is 13.7. The largest absolute Gasteiger partial charge is 0.497 e. The van der Waals surface area contributed by atoms with Gasteiger partial charge in [-0.2, -0.15) is 0 Å². The van der Waals surface area contributed by atoms with E-state index in [-0.39, 0.29) is 23.9 Å². The Morgan fingerprint density at radius 3 is 1.57 bits per heavy atom. The van der Waals surface area contributed by atoms with Gasteiger partial charge in [-0.1, -0.05) is 42.5 Å². The van der Waals surface area contributed by atoms with E-state index < -0.39 is 0 Å². The summed E-state index contributed by atoms with van der Waals surface area (Å²) in [5, 5.41) is 0. The summed E-state index contributed by atoms with van der Waals surface area (Å²) in [6.07, 6.45) is 9.33. The molecular weight excluding hydrogens is 672 g/mol. The molecule has 0 bridgehead atoms. The maximum atomic E-state index is 13.7. The molecule has 2 unspecified atom stereocenters. The van der Waals surface area contributed by atoms with Gasteiger partial charge in [-0.25, -0.2) is 0 Å². The number of methoxy groups -OCH3 is 3. The van der Waals surface area contributed by atoms with Crippen LogP contribution in [0.5, 0.6) is 28.7 Å². The van der Waals surface area contributed by atoms with Crippen molar-refractivity contribution in [3.63, 3.8) is 0 Å². The predicted octanol–water partition coefficient (Wildman–Crippen LogP) is 7.50. The Morgan fingerprint density at radius 1 is 0.604 bits per heavy atom. The number of fused-ring (bicyclic) bond motifs is 4. The molecule has 2 amide bonds. The van der Waals surface area contributed by atoms with Crippen LogP contribution in [0, 0.1) is 0 Å². The van der Waals surface area contributed by atoms with E-state index in [0.29, 0.717) is 78.0 Å². The SMILES string of the molecule is COc1ccc(C2=CN3C(=O)c4cc(OC)c(OCCCOc5cc6c(cc5OC)C(=O)N5C=C(c7ccccc7)CC5C=N6)cc4N=CC3C2)cc1. The Morgan fingerprint density at radius 2 is 1.09 bits per heavy atom. The number of carbonyl (C=O) groups excluding carboxylic acids is 2. The van der Waals surface area contributed by atoms with Gasteiger partial charge in [-0.05, 0) is 46.5 Å². The van der Waals surface area contributed by atoms with Gasteiger partial charge >= 0.3 is 0 Å². The second-order valence-electron chi connectivity index (χ2n) is 13.0. The standard InChI is InChI=1S/C42H38N4O7/c1-49-32-12-10-27(11-13-32)29-17-31-23-44-36-21-40(38(51-3)19-34(36)42(48)46(31)25-29)53-15-7-14-52-39-20-35-33(18-37(39)50-2)41(47)45-24-28(16-30(45)22-43-35)26-8-5-4-6-9-26/h4-6,8-13,18-25,30-31H,7,14-17H2,1-3H3. The summed E-state index contributed by atoms with van der Waals surface area (Å²) in [4.78, 5) is 40.3. The zero-order valence-electron chi connectivity index (χ0n) is 29.7. The van der Waals surface area contributed by atoms with Gasteiger partial charge in [0.1, 0.15) is 5.75 Å². The molecule has 4 aromatic carbocycles. The summed E-state index contributed by atoms with van der Waals surface area (Å²) >= 11 is 0. The molecule has 0 aromatic heterocycles. The Balaban J connectivity index is 0.911. The summed E-state index contributed by atoms with van der Waals surface area (Å²) in [6.45, 7) is 0.625. The summed E-state index contributed by atoms with van der Waals surface area (Å²) in [6, 6.07) is 24.4. The first kappa shape index (κ1) is 33.8. The van der Waals surface area contributed by atoms with Crippen LogP contribution in [0.2, 0.25) is 0 Å². The molecule has 11 heteroatoms. The van der Waals surface area contributed by atoms with Crippen molar-refractivity contribution in [2.24, 2.45) is 9.98 Å². The number of benzene rings is 4. The molecule has 0 N–H and O–H groups in total. The minimum atomic E-state index is -0.199. The van der Waals surface area contributed by atoms with Crippen molar-refractivity contribution in [1.29, 1.82) is 0 Å². The minimum Gasteiger partial charge on any atom is -0.497 e. The summed E-state index contributed by atoms with van der Waals surface area (Å²) < 4.78 is 28.8. The van der Waals surface area contributed by atoms with Gasteiger partial charge in [0.2, 0.25) is 0 Å². The van der Waals surface area contributed by atoms with Crippen LogP contribution in [0.15, 0.2) is 101 Å². The first-order valence-corrected chi connectivity index (χ1v) is 17.5. The van der Waals surface area contributed by atoms with Crippen LogP contribution in [-0.4, -0.2) is 80.7 Å². The van der Waals surface area contributed by atoms with E-state index in [2.05, 4.69) is 0 Å². The summed E-state index contributed by atoms with van der Waals surface area (Å²) in [5.41, 5.74) is 6.21. The van der Waals surface area contributed by atoms with Crippen LogP contribution in [0.25, 0.3) is 11.1 Å². The Hall–Kier alpha value is -6.36. The highest BCUT2D eigenvalue weighted by Crippen LogP contribution is 2.42. The molecule has 0 radical (unpaired) electrons. The molecule has 0 saturated heterocycles. The van der Waals surface area contributed by atoms with Gasteiger partial charge in [0, 0.05) is 56.2 Å². The van der Waals surface area contributed by atoms with Crippen molar-refractivity contribution in [2.75, 3.05) is 34.5 Å². The third-order valence-corrected chi connectivity index (χ3v) is 9.84. The van der Waals surface area contributed by atoms with Gasteiger partial charge in [-0.3, -0.25) is 19.6 Å². The van der Waals surface area contributed by atoms with Crippen LogP contribution < -0.4 is 23.7 Å². The van der Waals surface area contributed by atoms with Crippen molar-refractivity contribution in [1.82, 2.24) is 9.80 Å². The molecule has 0 aliphatic carbocycles. The number of aliphatic imine (C=N–C) groups is 2. The molecule has 4 aliphatic rings. The number of rotatable bonds is 11. The monoisotopic (exact) mass is 710 g/mol. The van der Waals surface area contributed by atoms with Crippen LogP contribution >= 0.6 is 0 Å². The summed E-state index contributed by atoms with van der Waals surface area (Å²) in [7, 11) is 4.73. The van der Waals surface area contributed by atoms with Crippen molar-refractivity contribution >= 4 is 46.8 Å². The summed E-state index contributed by atoms with van der Waals surface area (Å²) in [5.74, 6) is 2.33. The van der Waals surface area contributed by atoms with E-state index in [0.717, 1.165) is 28.0 Å². The van der Waals surface area contributed by atoms with Crippen molar-refractivity contribution in [2.45, 2.75) is 31.3 Å². The first-order valence-electron chi connectivity index (χ1n) is 17.5. The lowest BCUT2D eigenvalue weighted by atomic mass is 10.0. The van der Waals surface area contributed by atoms with E-state index in [1.807, 2.05) is 79.4 Å². The van der Waals surface area contributed by atoms with E-state index in [9.17, 15) is 9.59 Å². The predicted molar refractivity (Wildman–Crippen MR) is 202 cm³/mol. The molecule has 11 nitrogen and oxygen atoms in total. The molecule has 53 heavy (non-hydrogen) atoms. The quantitative estimate of drug-likeness (QED) is 0.148. The van der Waals surface area contributed by atoms with E-state index in [4.69, 9.17) is 33.7 Å². The second-order valence-corrected chi connectivity index (χ2v) is 13.0. The van der Waals surface area contributed by atoms with Gasteiger partial charge < -0.3 is 33.5 Å². The molecule has 0 fully saturated rings. The molecule has 4 heterocycles. The van der Waals surface area contributed by atoms with E-state index >= 15 is 0 Å². The molecule has 4 aromatic rings. The molecule has 4 aliphatic heterocycles. The minimum absolute atomic E-state index is 0.136. The highest BCUT2D eigenvalue weighted by molar-refractivity contribution is 6.06. The van der Waals surface area contributed by atoms with Crippen LogP contribution in [-0.2, 0) is 0 Å². The smallest absolute Gasteiger partial charge is 0.260 e. The topological polar surface area (TPSA) is 111 Å². The van der Waals surface area contributed by atoms with Crippen LogP contribution in [0.3, 0.4) is 0 Å².